The summed E-state index contributed by atoms with van der Waals surface area (Å²) in [5.41, 5.74) is 0. The van der Waals surface area contributed by atoms with Crippen LogP contribution < -0.4 is 10.2 Å². The number of nitrogens with zero attached hydrogens (tertiary/aromatic N) is 4. The molecular formula is C15H21N5O2. The quantitative estimate of drug-likeness (QED) is 0.869. The van der Waals surface area contributed by atoms with E-state index in [0.29, 0.717) is 13.1 Å². The number of rotatable bonds is 5. The number of piperazine rings is 1. The van der Waals surface area contributed by atoms with E-state index in [0.717, 1.165) is 37.9 Å². The van der Waals surface area contributed by atoms with Crippen molar-refractivity contribution in [3.05, 3.63) is 36.5 Å². The lowest BCUT2D eigenvalue weighted by Gasteiger charge is -2.34. The predicted molar refractivity (Wildman–Crippen MR) is 82.4 cm³/mol. The first-order valence-electron chi connectivity index (χ1n) is 7.46. The zero-order valence-electron chi connectivity index (χ0n) is 12.7. The van der Waals surface area contributed by atoms with Gasteiger partial charge in [0, 0.05) is 45.6 Å². The number of carbonyl (C=O) groups excluding carboxylic acids is 1. The Balaban J connectivity index is 1.42. The summed E-state index contributed by atoms with van der Waals surface area (Å²) in [5.74, 6) is 1.79. The van der Waals surface area contributed by atoms with Gasteiger partial charge in [-0.25, -0.2) is 4.98 Å². The number of carbonyl (C=O) groups is 1. The van der Waals surface area contributed by atoms with Gasteiger partial charge in [-0.05, 0) is 12.1 Å². The largest absolute Gasteiger partial charge is 0.467 e. The molecule has 1 amide bonds. The van der Waals surface area contributed by atoms with E-state index < -0.39 is 0 Å². The summed E-state index contributed by atoms with van der Waals surface area (Å²) >= 11 is 0. The molecular weight excluding hydrogens is 282 g/mol. The van der Waals surface area contributed by atoms with Crippen LogP contribution in [-0.4, -0.2) is 53.1 Å². The molecule has 1 aliphatic rings. The van der Waals surface area contributed by atoms with Gasteiger partial charge < -0.3 is 19.2 Å². The number of aryl methyl sites for hydroxylation is 1. The van der Waals surface area contributed by atoms with Gasteiger partial charge in [-0.2, -0.15) is 0 Å². The number of aromatic nitrogens is 2. The normalized spacial score (nSPS) is 16.0. The highest BCUT2D eigenvalue weighted by Crippen LogP contribution is 2.12. The first-order valence-corrected chi connectivity index (χ1v) is 7.46. The Bertz CT molecular complexity index is 599. The molecule has 0 aromatic carbocycles. The van der Waals surface area contributed by atoms with Crippen molar-refractivity contribution in [2.75, 3.05) is 37.6 Å². The van der Waals surface area contributed by atoms with Crippen LogP contribution in [0.5, 0.6) is 0 Å². The van der Waals surface area contributed by atoms with Gasteiger partial charge in [0.1, 0.15) is 5.76 Å². The van der Waals surface area contributed by atoms with Crippen molar-refractivity contribution in [3.63, 3.8) is 0 Å². The maximum atomic E-state index is 11.9. The summed E-state index contributed by atoms with van der Waals surface area (Å²) in [7, 11) is 2.00. The summed E-state index contributed by atoms with van der Waals surface area (Å²) in [6, 6.07) is 3.67. The lowest BCUT2D eigenvalue weighted by molar-refractivity contribution is -0.122. The molecule has 1 saturated heterocycles. The van der Waals surface area contributed by atoms with Crippen LogP contribution >= 0.6 is 0 Å². The molecule has 0 spiro atoms. The average Bonchev–Trinajstić information content (AvgIpc) is 3.17. The highest BCUT2D eigenvalue weighted by atomic mass is 16.3. The smallest absolute Gasteiger partial charge is 0.234 e. The number of hydrogen-bond donors (Lipinski definition) is 1. The molecule has 3 heterocycles. The van der Waals surface area contributed by atoms with Gasteiger partial charge >= 0.3 is 0 Å². The van der Waals surface area contributed by atoms with Crippen molar-refractivity contribution in [1.82, 2.24) is 19.8 Å². The van der Waals surface area contributed by atoms with Crippen molar-refractivity contribution in [2.45, 2.75) is 6.54 Å². The highest BCUT2D eigenvalue weighted by Gasteiger charge is 2.21. The molecule has 7 nitrogen and oxygen atoms in total. The fraction of sp³-hybridized carbons (Fsp3) is 0.467. The van der Waals surface area contributed by atoms with Crippen molar-refractivity contribution in [1.29, 1.82) is 0 Å². The fourth-order valence-electron chi connectivity index (χ4n) is 2.63. The average molecular weight is 303 g/mol. The Labute approximate surface area is 129 Å². The second kappa shape index (κ2) is 6.65. The number of furan rings is 1. The Hall–Kier alpha value is -2.28. The van der Waals surface area contributed by atoms with Gasteiger partial charge in [0.2, 0.25) is 11.9 Å². The van der Waals surface area contributed by atoms with Crippen LogP contribution in [0.1, 0.15) is 5.76 Å². The van der Waals surface area contributed by atoms with Crippen molar-refractivity contribution in [3.8, 4) is 0 Å². The molecule has 1 fully saturated rings. The van der Waals surface area contributed by atoms with Crippen LogP contribution in [0.25, 0.3) is 0 Å². The SMILES string of the molecule is Cn1ccnc1N1CCN(CC(=O)NCc2ccco2)CC1. The first kappa shape index (κ1) is 14.6. The van der Waals surface area contributed by atoms with E-state index in [1.807, 2.05) is 36.1 Å². The van der Waals surface area contributed by atoms with Crippen LogP contribution in [0.15, 0.2) is 35.2 Å². The zero-order chi connectivity index (χ0) is 15.4. The molecule has 1 N–H and O–H groups in total. The number of imidazole rings is 1. The third-order valence-corrected chi connectivity index (χ3v) is 3.86. The van der Waals surface area contributed by atoms with Gasteiger partial charge in [-0.15, -0.1) is 0 Å². The van der Waals surface area contributed by atoms with Crippen LogP contribution in [0.2, 0.25) is 0 Å². The van der Waals surface area contributed by atoms with Crippen LogP contribution in [0, 0.1) is 0 Å². The van der Waals surface area contributed by atoms with Crippen LogP contribution in [-0.2, 0) is 18.4 Å². The van der Waals surface area contributed by atoms with E-state index >= 15 is 0 Å². The lowest BCUT2D eigenvalue weighted by atomic mass is 10.3. The molecule has 0 bridgehead atoms. The summed E-state index contributed by atoms with van der Waals surface area (Å²) in [6.07, 6.45) is 5.37. The van der Waals surface area contributed by atoms with E-state index in [-0.39, 0.29) is 5.91 Å². The van der Waals surface area contributed by atoms with Gasteiger partial charge in [0.05, 0.1) is 19.4 Å². The molecule has 1 aliphatic heterocycles. The third kappa shape index (κ3) is 3.48. The van der Waals surface area contributed by atoms with Crippen molar-refractivity contribution in [2.24, 2.45) is 7.05 Å². The van der Waals surface area contributed by atoms with E-state index in [4.69, 9.17) is 4.42 Å². The van der Waals surface area contributed by atoms with Crippen molar-refractivity contribution >= 4 is 11.9 Å². The number of amides is 1. The number of anilines is 1. The minimum absolute atomic E-state index is 0.0295. The van der Waals surface area contributed by atoms with Crippen LogP contribution in [0.4, 0.5) is 5.95 Å². The van der Waals surface area contributed by atoms with E-state index in [9.17, 15) is 4.79 Å². The third-order valence-electron chi connectivity index (χ3n) is 3.86. The van der Waals surface area contributed by atoms with Gasteiger partial charge in [0.15, 0.2) is 0 Å². The predicted octanol–water partition coefficient (Wildman–Crippen LogP) is 0.451. The van der Waals surface area contributed by atoms with E-state index in [1.165, 1.54) is 0 Å². The number of nitrogens with one attached hydrogen (secondary N) is 1. The van der Waals surface area contributed by atoms with E-state index in [2.05, 4.69) is 20.1 Å². The Kier molecular flexibility index (Phi) is 4.43. The zero-order valence-corrected chi connectivity index (χ0v) is 12.7. The van der Waals surface area contributed by atoms with Crippen LogP contribution in [0.3, 0.4) is 0 Å². The molecule has 7 heteroatoms. The standard InChI is InChI=1S/C15H21N5O2/c1-18-5-4-16-15(18)20-8-6-19(7-9-20)12-14(21)17-11-13-3-2-10-22-13/h2-5,10H,6-9,11-12H2,1H3,(H,17,21). The molecule has 0 aliphatic carbocycles. The first-order chi connectivity index (χ1) is 10.7. The molecule has 0 saturated carbocycles. The van der Waals surface area contributed by atoms with Gasteiger partial charge in [0.25, 0.3) is 0 Å². The second-order valence-electron chi connectivity index (χ2n) is 5.46. The summed E-state index contributed by atoms with van der Waals surface area (Å²) in [6.45, 7) is 4.36. The topological polar surface area (TPSA) is 66.5 Å². The lowest BCUT2D eigenvalue weighted by Crippen LogP contribution is -2.50. The number of hydrogen-bond acceptors (Lipinski definition) is 5. The molecule has 2 aromatic heterocycles. The maximum Gasteiger partial charge on any atom is 0.234 e. The summed E-state index contributed by atoms with van der Waals surface area (Å²) in [5, 5.41) is 2.88. The Morgan fingerprint density at radius 1 is 1.36 bits per heavy atom. The van der Waals surface area contributed by atoms with Gasteiger partial charge in [-0.3, -0.25) is 9.69 Å². The Morgan fingerprint density at radius 2 is 2.18 bits per heavy atom. The monoisotopic (exact) mass is 303 g/mol. The summed E-state index contributed by atoms with van der Waals surface area (Å²) < 4.78 is 7.22. The maximum absolute atomic E-state index is 11.9. The molecule has 0 unspecified atom stereocenters. The molecule has 0 atom stereocenters. The second-order valence-corrected chi connectivity index (χ2v) is 5.46. The fourth-order valence-corrected chi connectivity index (χ4v) is 2.63. The minimum Gasteiger partial charge on any atom is -0.467 e. The molecule has 3 rings (SSSR count). The highest BCUT2D eigenvalue weighted by molar-refractivity contribution is 5.77. The minimum atomic E-state index is 0.0295. The molecule has 118 valence electrons. The Morgan fingerprint density at radius 3 is 2.82 bits per heavy atom. The molecule has 22 heavy (non-hydrogen) atoms. The van der Waals surface area contributed by atoms with Gasteiger partial charge in [-0.1, -0.05) is 0 Å². The summed E-state index contributed by atoms with van der Waals surface area (Å²) in [4.78, 5) is 20.7. The van der Waals surface area contributed by atoms with E-state index in [1.54, 1.807) is 6.26 Å². The van der Waals surface area contributed by atoms with Crippen molar-refractivity contribution < 1.29 is 9.21 Å². The molecule has 0 radical (unpaired) electrons. The molecule has 2 aromatic rings.